The lowest BCUT2D eigenvalue weighted by molar-refractivity contribution is 0.475. The summed E-state index contributed by atoms with van der Waals surface area (Å²) in [6.45, 7) is 0. The lowest BCUT2D eigenvalue weighted by Crippen LogP contribution is -1.88. The summed E-state index contributed by atoms with van der Waals surface area (Å²) >= 11 is 1.82. The van der Waals surface area contributed by atoms with E-state index in [0.29, 0.717) is 5.75 Å². The van der Waals surface area contributed by atoms with Gasteiger partial charge in [0.1, 0.15) is 5.75 Å². The van der Waals surface area contributed by atoms with E-state index in [4.69, 9.17) is 0 Å². The van der Waals surface area contributed by atoms with Crippen LogP contribution < -0.4 is 0 Å². The zero-order chi connectivity index (χ0) is 13.8. The van der Waals surface area contributed by atoms with Crippen molar-refractivity contribution in [2.24, 2.45) is 0 Å². The van der Waals surface area contributed by atoms with E-state index < -0.39 is 0 Å². The third-order valence-corrected chi connectivity index (χ3v) is 4.32. The molecule has 0 heterocycles. The van der Waals surface area contributed by atoms with E-state index >= 15 is 0 Å². The minimum absolute atomic E-state index is 0.323. The van der Waals surface area contributed by atoms with Crippen LogP contribution in [-0.2, 0) is 6.42 Å². The van der Waals surface area contributed by atoms with Crippen molar-refractivity contribution in [2.45, 2.75) is 11.3 Å². The molecular formula is C18H16OS. The second-order valence-corrected chi connectivity index (χ2v) is 5.94. The highest BCUT2D eigenvalue weighted by Crippen LogP contribution is 2.22. The van der Waals surface area contributed by atoms with E-state index in [9.17, 15) is 5.11 Å². The summed E-state index contributed by atoms with van der Waals surface area (Å²) in [4.78, 5) is 1.20. The van der Waals surface area contributed by atoms with Crippen LogP contribution in [-0.4, -0.2) is 10.9 Å². The fourth-order valence-corrected chi connectivity index (χ4v) is 3.13. The van der Waals surface area contributed by atoms with Crippen LogP contribution in [0.3, 0.4) is 0 Å². The van der Waals surface area contributed by atoms with Gasteiger partial charge < -0.3 is 5.11 Å². The molecular weight excluding hydrogens is 264 g/mol. The predicted molar refractivity (Wildman–Crippen MR) is 86.5 cm³/mol. The molecule has 0 radical (unpaired) electrons. The lowest BCUT2D eigenvalue weighted by atomic mass is 10.1. The van der Waals surface area contributed by atoms with Gasteiger partial charge in [-0.1, -0.05) is 42.5 Å². The summed E-state index contributed by atoms with van der Waals surface area (Å²) < 4.78 is 0. The molecule has 0 spiro atoms. The first-order chi connectivity index (χ1) is 9.81. The van der Waals surface area contributed by atoms with Gasteiger partial charge in [0.25, 0.3) is 0 Å². The van der Waals surface area contributed by atoms with E-state index in [0.717, 1.165) is 12.2 Å². The number of fused-ring (bicyclic) bond motifs is 1. The predicted octanol–water partition coefficient (Wildman–Crippen LogP) is 4.88. The number of hydrogen-bond acceptors (Lipinski definition) is 2. The topological polar surface area (TPSA) is 20.2 Å². The Bertz CT molecular complexity index is 704. The molecule has 0 aliphatic heterocycles. The molecule has 0 aliphatic rings. The monoisotopic (exact) mass is 280 g/mol. The van der Waals surface area contributed by atoms with Crippen LogP contribution in [0.15, 0.2) is 71.6 Å². The van der Waals surface area contributed by atoms with Crippen molar-refractivity contribution in [3.05, 3.63) is 72.3 Å². The van der Waals surface area contributed by atoms with Crippen molar-refractivity contribution in [2.75, 3.05) is 5.75 Å². The fraction of sp³-hybridized carbons (Fsp3) is 0.111. The first kappa shape index (κ1) is 13.1. The first-order valence-corrected chi connectivity index (χ1v) is 7.69. The summed E-state index contributed by atoms with van der Waals surface area (Å²) in [7, 11) is 0. The summed E-state index contributed by atoms with van der Waals surface area (Å²) in [6.07, 6.45) is 1.05. The Labute approximate surface area is 123 Å². The molecule has 0 unspecified atom stereocenters. The molecule has 0 atom stereocenters. The zero-order valence-corrected chi connectivity index (χ0v) is 11.9. The average Bonchev–Trinajstić information content (AvgIpc) is 2.49. The highest BCUT2D eigenvalue weighted by molar-refractivity contribution is 7.99. The van der Waals surface area contributed by atoms with Gasteiger partial charge in [-0.25, -0.2) is 0 Å². The van der Waals surface area contributed by atoms with Gasteiger partial charge in [0.2, 0.25) is 0 Å². The van der Waals surface area contributed by atoms with Crippen LogP contribution in [0.25, 0.3) is 10.8 Å². The number of hydrogen-bond donors (Lipinski definition) is 1. The molecule has 0 fully saturated rings. The van der Waals surface area contributed by atoms with Gasteiger partial charge in [0, 0.05) is 10.6 Å². The van der Waals surface area contributed by atoms with E-state index in [1.54, 1.807) is 12.1 Å². The number of phenols is 1. The summed E-state index contributed by atoms with van der Waals surface area (Å²) in [5.41, 5.74) is 1.37. The van der Waals surface area contributed by atoms with Gasteiger partial charge in [-0.05, 0) is 47.0 Å². The van der Waals surface area contributed by atoms with Crippen LogP contribution in [0, 0.1) is 0 Å². The molecule has 0 amide bonds. The highest BCUT2D eigenvalue weighted by atomic mass is 32.2. The van der Waals surface area contributed by atoms with Gasteiger partial charge in [0.05, 0.1) is 0 Å². The Kier molecular flexibility index (Phi) is 3.93. The van der Waals surface area contributed by atoms with Crippen molar-refractivity contribution in [3.63, 3.8) is 0 Å². The molecule has 1 nitrogen and oxygen atoms in total. The largest absolute Gasteiger partial charge is 0.508 e. The number of benzene rings is 3. The van der Waals surface area contributed by atoms with Crippen LogP contribution >= 0.6 is 11.8 Å². The molecule has 3 rings (SSSR count). The van der Waals surface area contributed by atoms with E-state index in [1.165, 1.54) is 21.2 Å². The molecule has 2 heteroatoms. The molecule has 0 aliphatic carbocycles. The number of rotatable bonds is 4. The molecule has 3 aromatic rings. The molecule has 20 heavy (non-hydrogen) atoms. The average molecular weight is 280 g/mol. The van der Waals surface area contributed by atoms with Gasteiger partial charge in [-0.3, -0.25) is 0 Å². The molecule has 1 N–H and O–H groups in total. The van der Waals surface area contributed by atoms with Crippen LogP contribution in [0.1, 0.15) is 5.56 Å². The maximum atomic E-state index is 9.25. The maximum Gasteiger partial charge on any atom is 0.115 e. The standard InChI is InChI=1S/C18H16OS/c19-17-7-9-18(10-8-17)20-12-11-14-5-6-15-3-1-2-4-16(15)13-14/h1-10,13,19H,11-12H2. The lowest BCUT2D eigenvalue weighted by Gasteiger charge is -2.04. The zero-order valence-electron chi connectivity index (χ0n) is 11.1. The van der Waals surface area contributed by atoms with Crippen LogP contribution in [0.5, 0.6) is 5.75 Å². The molecule has 0 saturated heterocycles. The summed E-state index contributed by atoms with van der Waals surface area (Å²) in [5, 5.41) is 11.9. The van der Waals surface area contributed by atoms with E-state index in [2.05, 4.69) is 42.5 Å². The number of aromatic hydroxyl groups is 1. The second kappa shape index (κ2) is 6.02. The minimum atomic E-state index is 0.323. The Morgan fingerprint density at radius 3 is 2.35 bits per heavy atom. The molecule has 0 aromatic heterocycles. The molecule has 0 bridgehead atoms. The number of phenolic OH excluding ortho intramolecular Hbond substituents is 1. The Morgan fingerprint density at radius 2 is 1.55 bits per heavy atom. The maximum absolute atomic E-state index is 9.25. The van der Waals surface area contributed by atoms with Crippen LogP contribution in [0.4, 0.5) is 0 Å². The van der Waals surface area contributed by atoms with Crippen molar-refractivity contribution < 1.29 is 5.11 Å². The third-order valence-electron chi connectivity index (χ3n) is 3.31. The number of thioether (sulfide) groups is 1. The summed E-state index contributed by atoms with van der Waals surface area (Å²) in [5.74, 6) is 1.37. The molecule has 3 aromatic carbocycles. The van der Waals surface area contributed by atoms with Crippen LogP contribution in [0.2, 0.25) is 0 Å². The fourth-order valence-electron chi connectivity index (χ4n) is 2.22. The Hall–Kier alpha value is -1.93. The normalized spacial score (nSPS) is 10.8. The van der Waals surface area contributed by atoms with Crippen molar-refractivity contribution in [1.29, 1.82) is 0 Å². The second-order valence-electron chi connectivity index (χ2n) is 4.77. The van der Waals surface area contributed by atoms with E-state index in [-0.39, 0.29) is 0 Å². The smallest absolute Gasteiger partial charge is 0.115 e. The van der Waals surface area contributed by atoms with Crippen molar-refractivity contribution >= 4 is 22.5 Å². The van der Waals surface area contributed by atoms with Gasteiger partial charge in [0.15, 0.2) is 0 Å². The first-order valence-electron chi connectivity index (χ1n) is 6.71. The number of aryl methyl sites for hydroxylation is 1. The third kappa shape index (κ3) is 3.14. The highest BCUT2D eigenvalue weighted by Gasteiger charge is 1.98. The van der Waals surface area contributed by atoms with Gasteiger partial charge in [-0.15, -0.1) is 11.8 Å². The molecule has 0 saturated carbocycles. The van der Waals surface area contributed by atoms with Gasteiger partial charge in [-0.2, -0.15) is 0 Å². The summed E-state index contributed by atoms with van der Waals surface area (Å²) in [6, 6.07) is 22.5. The quantitative estimate of drug-likeness (QED) is 0.687. The minimum Gasteiger partial charge on any atom is -0.508 e. The molecule has 100 valence electrons. The van der Waals surface area contributed by atoms with Crippen molar-refractivity contribution in [3.8, 4) is 5.75 Å². The van der Waals surface area contributed by atoms with E-state index in [1.807, 2.05) is 23.9 Å². The Morgan fingerprint density at radius 1 is 0.800 bits per heavy atom. The van der Waals surface area contributed by atoms with Gasteiger partial charge >= 0.3 is 0 Å². The Balaban J connectivity index is 1.63. The SMILES string of the molecule is Oc1ccc(SCCc2ccc3ccccc3c2)cc1. The van der Waals surface area contributed by atoms with Crippen molar-refractivity contribution in [1.82, 2.24) is 0 Å².